The Balaban J connectivity index is 2.52. The lowest BCUT2D eigenvalue weighted by molar-refractivity contribution is -0.127. The summed E-state index contributed by atoms with van der Waals surface area (Å²) in [5.41, 5.74) is 6.09. The molecule has 1 amide bonds. The monoisotopic (exact) mass is 282 g/mol. The van der Waals surface area contributed by atoms with Gasteiger partial charge in [0.15, 0.2) is 6.10 Å². The summed E-state index contributed by atoms with van der Waals surface area (Å²) in [4.78, 5) is 11.8. The molecule has 0 spiro atoms. The molecule has 20 heavy (non-hydrogen) atoms. The second kappa shape index (κ2) is 8.53. The van der Waals surface area contributed by atoms with Gasteiger partial charge in [0.05, 0.1) is 0 Å². The number of nitrogens with one attached hydrogen (secondary N) is 1. The molecule has 0 aliphatic carbocycles. The zero-order valence-electron chi connectivity index (χ0n) is 12.1. The van der Waals surface area contributed by atoms with Crippen molar-refractivity contribution in [3.05, 3.63) is 29.6 Å². The molecule has 0 radical (unpaired) electrons. The molecule has 0 aliphatic rings. The second-order valence-corrected chi connectivity index (χ2v) is 4.71. The van der Waals surface area contributed by atoms with Gasteiger partial charge >= 0.3 is 0 Å². The highest BCUT2D eigenvalue weighted by molar-refractivity contribution is 5.80. The molecule has 1 rings (SSSR count). The van der Waals surface area contributed by atoms with Crippen LogP contribution in [0, 0.1) is 5.82 Å². The van der Waals surface area contributed by atoms with Crippen LogP contribution in [0.25, 0.3) is 0 Å². The molecule has 1 atom stereocenters. The van der Waals surface area contributed by atoms with Crippen LogP contribution in [0.1, 0.15) is 38.7 Å². The van der Waals surface area contributed by atoms with Gasteiger partial charge in [0.1, 0.15) is 11.6 Å². The van der Waals surface area contributed by atoms with Gasteiger partial charge in [0.2, 0.25) is 0 Å². The van der Waals surface area contributed by atoms with Crippen molar-refractivity contribution in [1.29, 1.82) is 0 Å². The molecule has 0 saturated carbocycles. The zero-order valence-corrected chi connectivity index (χ0v) is 12.1. The van der Waals surface area contributed by atoms with E-state index in [-0.39, 0.29) is 18.3 Å². The van der Waals surface area contributed by atoms with Crippen LogP contribution in [-0.4, -0.2) is 18.6 Å². The largest absolute Gasteiger partial charge is 0.481 e. The molecule has 5 heteroatoms. The molecule has 0 bridgehead atoms. The number of hydrogen-bond acceptors (Lipinski definition) is 3. The van der Waals surface area contributed by atoms with E-state index in [1.54, 1.807) is 6.92 Å². The Morgan fingerprint density at radius 2 is 2.20 bits per heavy atom. The minimum atomic E-state index is -0.632. The molecule has 0 saturated heterocycles. The van der Waals surface area contributed by atoms with Crippen LogP contribution in [-0.2, 0) is 11.3 Å². The first-order chi connectivity index (χ1) is 9.58. The Morgan fingerprint density at radius 3 is 2.85 bits per heavy atom. The standard InChI is InChI=1S/C15H23FN2O2/c1-3-4-5-8-18-15(19)11(2)20-14-7-6-13(16)9-12(14)10-17/h6-7,9,11H,3-5,8,10,17H2,1-2H3,(H,18,19). The summed E-state index contributed by atoms with van der Waals surface area (Å²) in [6, 6.07) is 4.11. The Kier molecular flexibility index (Phi) is 7.01. The maximum atomic E-state index is 13.1. The van der Waals surface area contributed by atoms with Gasteiger partial charge in [-0.05, 0) is 31.5 Å². The molecule has 0 fully saturated rings. The lowest BCUT2D eigenvalue weighted by atomic mass is 10.2. The number of rotatable bonds is 8. The van der Waals surface area contributed by atoms with Gasteiger partial charge in [0, 0.05) is 18.7 Å². The summed E-state index contributed by atoms with van der Waals surface area (Å²) in [5.74, 6) is -0.0898. The molecular weight excluding hydrogens is 259 g/mol. The fourth-order valence-corrected chi connectivity index (χ4v) is 1.80. The summed E-state index contributed by atoms with van der Waals surface area (Å²) >= 11 is 0. The van der Waals surface area contributed by atoms with Crippen molar-refractivity contribution in [2.24, 2.45) is 5.73 Å². The molecule has 0 aliphatic heterocycles. The summed E-state index contributed by atoms with van der Waals surface area (Å²) < 4.78 is 18.6. The average Bonchev–Trinajstić information content (AvgIpc) is 2.45. The van der Waals surface area contributed by atoms with Crippen LogP contribution in [0.4, 0.5) is 4.39 Å². The number of unbranched alkanes of at least 4 members (excludes halogenated alkanes) is 2. The van der Waals surface area contributed by atoms with E-state index in [9.17, 15) is 9.18 Å². The second-order valence-electron chi connectivity index (χ2n) is 4.71. The molecular formula is C15H23FN2O2. The van der Waals surface area contributed by atoms with Crippen LogP contribution in [0.2, 0.25) is 0 Å². The molecule has 1 aromatic carbocycles. The maximum Gasteiger partial charge on any atom is 0.260 e. The van der Waals surface area contributed by atoms with E-state index >= 15 is 0 Å². The van der Waals surface area contributed by atoms with E-state index in [1.807, 2.05) is 0 Å². The van der Waals surface area contributed by atoms with Crippen molar-refractivity contribution >= 4 is 5.91 Å². The lowest BCUT2D eigenvalue weighted by Gasteiger charge is -2.17. The third-order valence-corrected chi connectivity index (χ3v) is 2.99. The van der Waals surface area contributed by atoms with Gasteiger partial charge in [-0.25, -0.2) is 4.39 Å². The number of nitrogens with two attached hydrogens (primary N) is 1. The molecule has 1 unspecified atom stereocenters. The Labute approximate surface area is 119 Å². The van der Waals surface area contributed by atoms with Gasteiger partial charge in [-0.15, -0.1) is 0 Å². The van der Waals surface area contributed by atoms with Crippen molar-refractivity contribution < 1.29 is 13.9 Å². The molecule has 0 aromatic heterocycles. The topological polar surface area (TPSA) is 64.3 Å². The van der Waals surface area contributed by atoms with Gasteiger partial charge in [0.25, 0.3) is 5.91 Å². The summed E-state index contributed by atoms with van der Waals surface area (Å²) in [6.45, 7) is 4.58. The number of amides is 1. The van der Waals surface area contributed by atoms with Gasteiger partial charge in [-0.2, -0.15) is 0 Å². The van der Waals surface area contributed by atoms with Crippen molar-refractivity contribution in [1.82, 2.24) is 5.32 Å². The SMILES string of the molecule is CCCCCNC(=O)C(C)Oc1ccc(F)cc1CN. The highest BCUT2D eigenvalue weighted by atomic mass is 19.1. The fourth-order valence-electron chi connectivity index (χ4n) is 1.80. The summed E-state index contributed by atoms with van der Waals surface area (Å²) in [7, 11) is 0. The number of carbonyl (C=O) groups excluding carboxylic acids is 1. The average molecular weight is 282 g/mol. The number of ether oxygens (including phenoxy) is 1. The van der Waals surface area contributed by atoms with Crippen LogP contribution in [0.3, 0.4) is 0 Å². The minimum absolute atomic E-state index is 0.165. The first kappa shape index (κ1) is 16.4. The smallest absolute Gasteiger partial charge is 0.260 e. The maximum absolute atomic E-state index is 13.1. The quantitative estimate of drug-likeness (QED) is 0.719. The van der Waals surface area contributed by atoms with Gasteiger partial charge in [-0.1, -0.05) is 19.8 Å². The fraction of sp³-hybridized carbons (Fsp3) is 0.533. The molecule has 0 heterocycles. The molecule has 1 aromatic rings. The third kappa shape index (κ3) is 5.17. The van der Waals surface area contributed by atoms with E-state index in [2.05, 4.69) is 12.2 Å². The van der Waals surface area contributed by atoms with Crippen LogP contribution in [0.15, 0.2) is 18.2 Å². The highest BCUT2D eigenvalue weighted by Crippen LogP contribution is 2.20. The van der Waals surface area contributed by atoms with Gasteiger partial charge in [-0.3, -0.25) is 4.79 Å². The van der Waals surface area contributed by atoms with E-state index in [0.717, 1.165) is 19.3 Å². The van der Waals surface area contributed by atoms with Crippen LogP contribution >= 0.6 is 0 Å². The summed E-state index contributed by atoms with van der Waals surface area (Å²) in [5, 5.41) is 2.82. The van der Waals surface area contributed by atoms with Crippen molar-refractivity contribution in [3.63, 3.8) is 0 Å². The molecule has 4 nitrogen and oxygen atoms in total. The molecule has 112 valence electrons. The van der Waals surface area contributed by atoms with Crippen LogP contribution in [0.5, 0.6) is 5.75 Å². The molecule has 3 N–H and O–H groups in total. The van der Waals surface area contributed by atoms with Crippen molar-refractivity contribution in [2.45, 2.75) is 45.8 Å². The number of benzene rings is 1. The number of carbonyl (C=O) groups is 1. The number of hydrogen-bond donors (Lipinski definition) is 2. The van der Waals surface area contributed by atoms with Crippen molar-refractivity contribution in [3.8, 4) is 5.75 Å². The Hall–Kier alpha value is -1.62. The van der Waals surface area contributed by atoms with Crippen molar-refractivity contribution in [2.75, 3.05) is 6.54 Å². The number of halogens is 1. The van der Waals surface area contributed by atoms with Crippen LogP contribution < -0.4 is 15.8 Å². The minimum Gasteiger partial charge on any atom is -0.481 e. The Morgan fingerprint density at radius 1 is 1.45 bits per heavy atom. The highest BCUT2D eigenvalue weighted by Gasteiger charge is 2.15. The first-order valence-corrected chi connectivity index (χ1v) is 7.01. The first-order valence-electron chi connectivity index (χ1n) is 7.01. The van der Waals surface area contributed by atoms with E-state index in [1.165, 1.54) is 18.2 Å². The summed E-state index contributed by atoms with van der Waals surface area (Å²) in [6.07, 6.45) is 2.52. The normalized spacial score (nSPS) is 12.0. The zero-order chi connectivity index (χ0) is 15.0. The Bertz CT molecular complexity index is 438. The van der Waals surface area contributed by atoms with E-state index in [0.29, 0.717) is 17.9 Å². The van der Waals surface area contributed by atoms with E-state index < -0.39 is 6.10 Å². The third-order valence-electron chi connectivity index (χ3n) is 2.99. The predicted molar refractivity (Wildman–Crippen MR) is 76.9 cm³/mol. The predicted octanol–water partition coefficient (Wildman–Crippen LogP) is 2.36. The lowest BCUT2D eigenvalue weighted by Crippen LogP contribution is -2.37. The van der Waals surface area contributed by atoms with E-state index in [4.69, 9.17) is 10.5 Å². The van der Waals surface area contributed by atoms with Gasteiger partial charge < -0.3 is 15.8 Å².